The highest BCUT2D eigenvalue weighted by Crippen LogP contribution is 2.28. The van der Waals surface area contributed by atoms with Crippen molar-refractivity contribution < 1.29 is 4.79 Å². The molecule has 0 bridgehead atoms. The monoisotopic (exact) mass is 445 g/mol. The molecule has 1 saturated heterocycles. The predicted molar refractivity (Wildman–Crippen MR) is 127 cm³/mol. The average Bonchev–Trinajstić information content (AvgIpc) is 3.46. The number of carbonyl (C=O) groups excluding carboxylic acids is 1. The zero-order valence-corrected chi connectivity index (χ0v) is 19.1. The Morgan fingerprint density at radius 2 is 2.03 bits per heavy atom. The number of fused-ring (bicyclic) bond motifs is 1. The minimum Gasteiger partial charge on any atom is -0.337 e. The third kappa shape index (κ3) is 4.30. The van der Waals surface area contributed by atoms with E-state index < -0.39 is 0 Å². The molecule has 1 amide bonds. The predicted octanol–water partition coefficient (Wildman–Crippen LogP) is 4.91. The standard InChI is InChI=1S/C25H27N5OS/c1-2-12-30-24-19(15-26-30)10-11-21(28-24)20-9-6-13-29(16-20)25(31)22-17-32-23(27-22)14-18-7-4-3-5-8-18/h3-5,7-8,10-11,15,17,20H,2,6,9,12-14,16H2,1H3. The van der Waals surface area contributed by atoms with E-state index in [0.29, 0.717) is 12.2 Å². The van der Waals surface area contributed by atoms with E-state index in [4.69, 9.17) is 4.98 Å². The number of piperidine rings is 1. The van der Waals surface area contributed by atoms with E-state index in [2.05, 4.69) is 41.3 Å². The molecule has 1 fully saturated rings. The van der Waals surface area contributed by atoms with Crippen molar-refractivity contribution in [1.29, 1.82) is 0 Å². The van der Waals surface area contributed by atoms with Crippen LogP contribution in [0.3, 0.4) is 0 Å². The second-order valence-electron chi connectivity index (χ2n) is 8.40. The van der Waals surface area contributed by atoms with Gasteiger partial charge in [0.25, 0.3) is 5.91 Å². The van der Waals surface area contributed by atoms with Crippen LogP contribution >= 0.6 is 11.3 Å². The van der Waals surface area contributed by atoms with Gasteiger partial charge in [-0.1, -0.05) is 37.3 Å². The van der Waals surface area contributed by atoms with Gasteiger partial charge in [-0.15, -0.1) is 11.3 Å². The zero-order valence-electron chi connectivity index (χ0n) is 18.3. The molecular weight excluding hydrogens is 418 g/mol. The van der Waals surface area contributed by atoms with Gasteiger partial charge in [0.05, 0.1) is 11.2 Å². The molecular formula is C25H27N5OS. The number of benzene rings is 1. The lowest BCUT2D eigenvalue weighted by atomic mass is 9.94. The van der Waals surface area contributed by atoms with Crippen LogP contribution in [0.15, 0.2) is 54.0 Å². The number of likely N-dealkylation sites (tertiary alicyclic amines) is 1. The fourth-order valence-electron chi connectivity index (χ4n) is 4.40. The van der Waals surface area contributed by atoms with Gasteiger partial charge in [-0.05, 0) is 37.0 Å². The number of pyridine rings is 1. The Morgan fingerprint density at radius 1 is 1.16 bits per heavy atom. The summed E-state index contributed by atoms with van der Waals surface area (Å²) in [5.74, 6) is 0.270. The van der Waals surface area contributed by atoms with Crippen molar-refractivity contribution in [3.05, 3.63) is 76.0 Å². The van der Waals surface area contributed by atoms with Gasteiger partial charge in [0.2, 0.25) is 0 Å². The van der Waals surface area contributed by atoms with Crippen LogP contribution in [0.4, 0.5) is 0 Å². The summed E-state index contributed by atoms with van der Waals surface area (Å²) in [4.78, 5) is 24.7. The second kappa shape index (κ2) is 9.20. The first-order valence-corrected chi connectivity index (χ1v) is 12.2. The summed E-state index contributed by atoms with van der Waals surface area (Å²) in [5, 5.41) is 8.41. The molecule has 3 aromatic heterocycles. The maximum atomic E-state index is 13.2. The molecule has 32 heavy (non-hydrogen) atoms. The molecule has 1 aliphatic heterocycles. The molecule has 1 atom stereocenters. The van der Waals surface area contributed by atoms with E-state index in [9.17, 15) is 4.79 Å². The van der Waals surface area contributed by atoms with Crippen LogP contribution in [0.5, 0.6) is 0 Å². The Balaban J connectivity index is 1.30. The van der Waals surface area contributed by atoms with E-state index in [1.54, 1.807) is 11.3 Å². The van der Waals surface area contributed by atoms with Crippen LogP contribution in [0, 0.1) is 0 Å². The van der Waals surface area contributed by atoms with Crippen LogP contribution in [0.2, 0.25) is 0 Å². The van der Waals surface area contributed by atoms with Crippen molar-refractivity contribution in [2.45, 2.75) is 45.1 Å². The van der Waals surface area contributed by atoms with Gasteiger partial charge >= 0.3 is 0 Å². The fourth-order valence-corrected chi connectivity index (χ4v) is 5.20. The molecule has 1 aliphatic rings. The van der Waals surface area contributed by atoms with Crippen molar-refractivity contribution in [1.82, 2.24) is 24.6 Å². The number of hydrogen-bond donors (Lipinski definition) is 0. The maximum absolute atomic E-state index is 13.2. The Hall–Kier alpha value is -3.06. The minimum absolute atomic E-state index is 0.0300. The summed E-state index contributed by atoms with van der Waals surface area (Å²) in [5.41, 5.74) is 3.77. The molecule has 164 valence electrons. The Bertz CT molecular complexity index is 1220. The number of aromatic nitrogens is 4. The molecule has 1 unspecified atom stereocenters. The number of thiazole rings is 1. The number of nitrogens with zero attached hydrogens (tertiary/aromatic N) is 5. The Kier molecular flexibility index (Phi) is 5.99. The number of rotatable bonds is 6. The van der Waals surface area contributed by atoms with Crippen molar-refractivity contribution in [2.24, 2.45) is 0 Å². The molecule has 0 aliphatic carbocycles. The van der Waals surface area contributed by atoms with Crippen LogP contribution < -0.4 is 0 Å². The molecule has 4 heterocycles. The summed E-state index contributed by atoms with van der Waals surface area (Å²) in [6.45, 7) is 4.47. The van der Waals surface area contributed by atoms with E-state index >= 15 is 0 Å². The second-order valence-corrected chi connectivity index (χ2v) is 9.34. The molecule has 0 spiro atoms. The fraction of sp³-hybridized carbons (Fsp3) is 0.360. The normalized spacial score (nSPS) is 16.5. The average molecular weight is 446 g/mol. The first-order chi connectivity index (χ1) is 15.7. The lowest BCUT2D eigenvalue weighted by Crippen LogP contribution is -2.39. The molecule has 0 radical (unpaired) electrons. The highest BCUT2D eigenvalue weighted by Gasteiger charge is 2.28. The summed E-state index contributed by atoms with van der Waals surface area (Å²) in [7, 11) is 0. The van der Waals surface area contributed by atoms with Gasteiger partial charge in [0.15, 0.2) is 5.65 Å². The van der Waals surface area contributed by atoms with Gasteiger partial charge in [-0.2, -0.15) is 5.10 Å². The first-order valence-electron chi connectivity index (χ1n) is 11.3. The van der Waals surface area contributed by atoms with Gasteiger partial charge in [-0.25, -0.2) is 14.6 Å². The zero-order chi connectivity index (χ0) is 21.9. The summed E-state index contributed by atoms with van der Waals surface area (Å²) in [6, 6.07) is 14.5. The third-order valence-corrected chi connectivity index (χ3v) is 6.89. The smallest absolute Gasteiger partial charge is 0.273 e. The summed E-state index contributed by atoms with van der Waals surface area (Å²) in [6.07, 6.45) is 5.69. The molecule has 1 aromatic carbocycles. The minimum atomic E-state index is 0.0300. The van der Waals surface area contributed by atoms with Gasteiger partial charge < -0.3 is 4.90 Å². The van der Waals surface area contributed by atoms with E-state index in [-0.39, 0.29) is 11.8 Å². The quantitative estimate of drug-likeness (QED) is 0.423. The van der Waals surface area contributed by atoms with Crippen LogP contribution in [-0.4, -0.2) is 43.6 Å². The molecule has 0 saturated carbocycles. The third-order valence-electron chi connectivity index (χ3n) is 6.04. The summed E-state index contributed by atoms with van der Waals surface area (Å²) < 4.78 is 1.98. The molecule has 0 N–H and O–H groups in total. The number of amides is 1. The molecule has 5 rings (SSSR count). The van der Waals surface area contributed by atoms with E-state index in [1.165, 1.54) is 5.56 Å². The van der Waals surface area contributed by atoms with Crippen LogP contribution in [0.25, 0.3) is 11.0 Å². The number of carbonyl (C=O) groups is 1. The van der Waals surface area contributed by atoms with Crippen LogP contribution in [-0.2, 0) is 13.0 Å². The topological polar surface area (TPSA) is 63.9 Å². The maximum Gasteiger partial charge on any atom is 0.273 e. The van der Waals surface area contributed by atoms with Gasteiger partial charge in [0.1, 0.15) is 5.69 Å². The SMILES string of the molecule is CCCn1ncc2ccc(C3CCCN(C(=O)c4csc(Cc5ccccc5)n4)C3)nc21. The van der Waals surface area contributed by atoms with E-state index in [0.717, 1.165) is 60.5 Å². The first kappa shape index (κ1) is 20.8. The van der Waals surface area contributed by atoms with Crippen LogP contribution in [0.1, 0.15) is 58.9 Å². The van der Waals surface area contributed by atoms with Crippen molar-refractivity contribution in [3.63, 3.8) is 0 Å². The Morgan fingerprint density at radius 3 is 2.88 bits per heavy atom. The Labute approximate surface area is 191 Å². The molecule has 7 heteroatoms. The van der Waals surface area contributed by atoms with Crippen molar-refractivity contribution >= 4 is 28.3 Å². The van der Waals surface area contributed by atoms with Gasteiger partial charge in [0, 0.05) is 48.4 Å². The van der Waals surface area contributed by atoms with Crippen molar-refractivity contribution in [3.8, 4) is 0 Å². The molecule has 6 nitrogen and oxygen atoms in total. The number of hydrogen-bond acceptors (Lipinski definition) is 5. The van der Waals surface area contributed by atoms with Crippen molar-refractivity contribution in [2.75, 3.05) is 13.1 Å². The number of aryl methyl sites for hydroxylation is 1. The van der Waals surface area contributed by atoms with Gasteiger partial charge in [-0.3, -0.25) is 4.79 Å². The largest absolute Gasteiger partial charge is 0.337 e. The molecule has 4 aromatic rings. The highest BCUT2D eigenvalue weighted by molar-refractivity contribution is 7.09. The van der Waals surface area contributed by atoms with E-state index in [1.807, 2.05) is 39.4 Å². The lowest BCUT2D eigenvalue weighted by Gasteiger charge is -2.32. The summed E-state index contributed by atoms with van der Waals surface area (Å²) >= 11 is 1.56. The highest BCUT2D eigenvalue weighted by atomic mass is 32.1. The lowest BCUT2D eigenvalue weighted by molar-refractivity contribution is 0.0700.